The molecule has 0 atom stereocenters. The number of carbonyl (C=O) groups is 1. The molecule has 1 amide bonds. The van der Waals surface area contributed by atoms with Crippen LogP contribution in [0, 0.1) is 6.92 Å². The molecule has 0 spiro atoms. The number of aryl methyl sites for hydroxylation is 1. The average molecular weight is 361 g/mol. The van der Waals surface area contributed by atoms with Gasteiger partial charge < -0.3 is 20.1 Å². The van der Waals surface area contributed by atoms with Gasteiger partial charge in [0.1, 0.15) is 5.69 Å². The highest BCUT2D eigenvalue weighted by Gasteiger charge is 2.14. The Morgan fingerprint density at radius 1 is 1.04 bits per heavy atom. The number of hydrogen-bond acceptors (Lipinski definition) is 5. The van der Waals surface area contributed by atoms with E-state index in [1.54, 1.807) is 12.3 Å². The Balaban J connectivity index is 1.44. The van der Waals surface area contributed by atoms with Gasteiger partial charge in [0.2, 0.25) is 6.79 Å². The number of pyridine rings is 1. The van der Waals surface area contributed by atoms with Crippen LogP contribution >= 0.6 is 0 Å². The second-order valence-corrected chi connectivity index (χ2v) is 6.23. The molecular weight excluding hydrogens is 342 g/mol. The number of carbonyl (C=O) groups excluding carboxylic acids is 1. The number of benzene rings is 2. The first-order valence-corrected chi connectivity index (χ1v) is 8.64. The first-order valence-electron chi connectivity index (χ1n) is 8.64. The summed E-state index contributed by atoms with van der Waals surface area (Å²) in [5.41, 5.74) is 4.19. The number of amides is 1. The van der Waals surface area contributed by atoms with Gasteiger partial charge in [0.25, 0.3) is 5.91 Å². The van der Waals surface area contributed by atoms with Crippen molar-refractivity contribution in [2.75, 3.05) is 12.1 Å². The van der Waals surface area contributed by atoms with E-state index in [-0.39, 0.29) is 12.7 Å². The molecule has 1 aromatic heterocycles. The number of anilines is 2. The molecule has 1 aliphatic rings. The Morgan fingerprint density at radius 3 is 2.74 bits per heavy atom. The molecule has 0 bridgehead atoms. The number of aromatic nitrogens is 1. The predicted octanol–water partition coefficient (Wildman–Crippen LogP) is 3.79. The van der Waals surface area contributed by atoms with Gasteiger partial charge in [0.15, 0.2) is 11.5 Å². The fourth-order valence-corrected chi connectivity index (χ4v) is 2.85. The van der Waals surface area contributed by atoms with Crippen LogP contribution in [-0.4, -0.2) is 17.7 Å². The van der Waals surface area contributed by atoms with Gasteiger partial charge in [-0.2, -0.15) is 0 Å². The SMILES string of the molecule is Cc1ccccc1CNC(=O)c1cc(Nc2ccc3c(c2)OCO3)ccn1. The highest BCUT2D eigenvalue weighted by Crippen LogP contribution is 2.35. The van der Waals surface area contributed by atoms with Crippen LogP contribution in [0.15, 0.2) is 60.8 Å². The Bertz CT molecular complexity index is 988. The summed E-state index contributed by atoms with van der Waals surface area (Å²) >= 11 is 0. The number of nitrogens with zero attached hydrogens (tertiary/aromatic N) is 1. The number of fused-ring (bicyclic) bond motifs is 1. The zero-order valence-electron chi connectivity index (χ0n) is 14.9. The van der Waals surface area contributed by atoms with Crippen molar-refractivity contribution in [1.29, 1.82) is 0 Å². The van der Waals surface area contributed by atoms with Gasteiger partial charge in [-0.3, -0.25) is 9.78 Å². The summed E-state index contributed by atoms with van der Waals surface area (Å²) in [5.74, 6) is 1.21. The third kappa shape index (κ3) is 3.84. The van der Waals surface area contributed by atoms with Crippen LogP contribution in [0.4, 0.5) is 11.4 Å². The number of nitrogens with one attached hydrogen (secondary N) is 2. The first kappa shape index (κ1) is 16.9. The summed E-state index contributed by atoms with van der Waals surface area (Å²) < 4.78 is 10.7. The molecular formula is C21H19N3O3. The van der Waals surface area contributed by atoms with Crippen molar-refractivity contribution in [1.82, 2.24) is 10.3 Å². The van der Waals surface area contributed by atoms with E-state index in [9.17, 15) is 4.79 Å². The van der Waals surface area contributed by atoms with Gasteiger partial charge >= 0.3 is 0 Å². The lowest BCUT2D eigenvalue weighted by molar-refractivity contribution is 0.0946. The minimum Gasteiger partial charge on any atom is -0.454 e. The normalized spacial score (nSPS) is 11.9. The summed E-state index contributed by atoms with van der Waals surface area (Å²) in [5, 5.41) is 6.17. The summed E-state index contributed by atoms with van der Waals surface area (Å²) in [4.78, 5) is 16.6. The predicted molar refractivity (Wildman–Crippen MR) is 102 cm³/mol. The third-order valence-electron chi connectivity index (χ3n) is 4.35. The molecule has 4 rings (SSSR count). The Labute approximate surface area is 157 Å². The van der Waals surface area contributed by atoms with Crippen molar-refractivity contribution in [3.05, 3.63) is 77.6 Å². The van der Waals surface area contributed by atoms with Gasteiger partial charge in [-0.15, -0.1) is 0 Å². The summed E-state index contributed by atoms with van der Waals surface area (Å²) in [6.45, 7) is 2.72. The lowest BCUT2D eigenvalue weighted by Gasteiger charge is -2.10. The maximum absolute atomic E-state index is 12.4. The van der Waals surface area contributed by atoms with Crippen LogP contribution < -0.4 is 20.1 Å². The molecule has 0 aliphatic carbocycles. The molecule has 27 heavy (non-hydrogen) atoms. The first-order chi connectivity index (χ1) is 13.2. The van der Waals surface area contributed by atoms with Crippen molar-refractivity contribution in [2.24, 2.45) is 0 Å². The lowest BCUT2D eigenvalue weighted by Crippen LogP contribution is -2.24. The summed E-state index contributed by atoms with van der Waals surface area (Å²) in [6.07, 6.45) is 1.61. The largest absolute Gasteiger partial charge is 0.454 e. The van der Waals surface area contributed by atoms with E-state index in [1.807, 2.05) is 55.5 Å². The molecule has 6 heteroatoms. The van der Waals surface area contributed by atoms with Crippen LogP contribution in [0.3, 0.4) is 0 Å². The zero-order chi connectivity index (χ0) is 18.6. The molecule has 0 saturated heterocycles. The van der Waals surface area contributed by atoms with Crippen LogP contribution in [0.25, 0.3) is 0 Å². The highest BCUT2D eigenvalue weighted by molar-refractivity contribution is 5.93. The minimum atomic E-state index is -0.215. The maximum Gasteiger partial charge on any atom is 0.270 e. The fourth-order valence-electron chi connectivity index (χ4n) is 2.85. The van der Waals surface area contributed by atoms with Crippen LogP contribution in [0.1, 0.15) is 21.6 Å². The summed E-state index contributed by atoms with van der Waals surface area (Å²) in [7, 11) is 0. The third-order valence-corrected chi connectivity index (χ3v) is 4.35. The van der Waals surface area contributed by atoms with E-state index in [2.05, 4.69) is 15.6 Å². The Hall–Kier alpha value is -3.54. The van der Waals surface area contributed by atoms with Gasteiger partial charge in [-0.05, 0) is 42.3 Å². The second-order valence-electron chi connectivity index (χ2n) is 6.23. The van der Waals surface area contributed by atoms with E-state index >= 15 is 0 Å². The van der Waals surface area contributed by atoms with Crippen molar-refractivity contribution in [3.8, 4) is 11.5 Å². The monoisotopic (exact) mass is 361 g/mol. The van der Waals surface area contributed by atoms with Crippen molar-refractivity contribution in [3.63, 3.8) is 0 Å². The van der Waals surface area contributed by atoms with E-state index < -0.39 is 0 Å². The molecule has 2 heterocycles. The summed E-state index contributed by atoms with van der Waals surface area (Å²) in [6, 6.07) is 17.1. The van der Waals surface area contributed by atoms with E-state index in [1.165, 1.54) is 0 Å². The maximum atomic E-state index is 12.4. The molecule has 0 unspecified atom stereocenters. The fraction of sp³-hybridized carbons (Fsp3) is 0.143. The highest BCUT2D eigenvalue weighted by atomic mass is 16.7. The van der Waals surface area contributed by atoms with Crippen LogP contribution in [0.2, 0.25) is 0 Å². The second kappa shape index (κ2) is 7.37. The lowest BCUT2D eigenvalue weighted by atomic mass is 10.1. The van der Waals surface area contributed by atoms with Crippen LogP contribution in [-0.2, 0) is 6.54 Å². The topological polar surface area (TPSA) is 72.5 Å². The van der Waals surface area contributed by atoms with Crippen molar-refractivity contribution >= 4 is 17.3 Å². The average Bonchev–Trinajstić information content (AvgIpc) is 3.15. The van der Waals surface area contributed by atoms with Gasteiger partial charge in [0, 0.05) is 30.2 Å². The molecule has 136 valence electrons. The minimum absolute atomic E-state index is 0.215. The smallest absolute Gasteiger partial charge is 0.270 e. The molecule has 1 aliphatic heterocycles. The van der Waals surface area contributed by atoms with Gasteiger partial charge in [-0.25, -0.2) is 0 Å². The number of hydrogen-bond donors (Lipinski definition) is 2. The molecule has 0 radical (unpaired) electrons. The van der Waals surface area contributed by atoms with Crippen molar-refractivity contribution < 1.29 is 14.3 Å². The van der Waals surface area contributed by atoms with Crippen molar-refractivity contribution in [2.45, 2.75) is 13.5 Å². The Kier molecular flexibility index (Phi) is 4.61. The molecule has 3 aromatic rings. The quantitative estimate of drug-likeness (QED) is 0.723. The molecule has 0 saturated carbocycles. The number of rotatable bonds is 5. The molecule has 0 fully saturated rings. The van der Waals surface area contributed by atoms with E-state index in [0.717, 1.165) is 28.3 Å². The molecule has 6 nitrogen and oxygen atoms in total. The standard InChI is InChI=1S/C21H19N3O3/c1-14-4-2-3-5-15(14)12-23-21(25)18-10-17(8-9-22-18)24-16-6-7-19-20(11-16)27-13-26-19/h2-11H,12-13H2,1H3,(H,22,24)(H,23,25). The van der Waals surface area contributed by atoms with Gasteiger partial charge in [-0.1, -0.05) is 24.3 Å². The zero-order valence-corrected chi connectivity index (χ0v) is 14.9. The Morgan fingerprint density at radius 2 is 1.85 bits per heavy atom. The number of ether oxygens (including phenoxy) is 2. The van der Waals surface area contributed by atoms with Gasteiger partial charge in [0.05, 0.1) is 0 Å². The molecule has 2 aromatic carbocycles. The molecule has 2 N–H and O–H groups in total. The van der Waals surface area contributed by atoms with Crippen LogP contribution in [0.5, 0.6) is 11.5 Å². The van der Waals surface area contributed by atoms with E-state index in [0.29, 0.717) is 18.0 Å². The van der Waals surface area contributed by atoms with E-state index in [4.69, 9.17) is 9.47 Å².